The Bertz CT molecular complexity index is 238. The van der Waals surface area contributed by atoms with Crippen molar-refractivity contribution in [3.05, 3.63) is 11.8 Å². The monoisotopic (exact) mass is 326 g/mol. The molecule has 0 amide bonds. The fourth-order valence-electron chi connectivity index (χ4n) is 2.91. The van der Waals surface area contributed by atoms with Crippen LogP contribution in [0.2, 0.25) is 0 Å². The van der Waals surface area contributed by atoms with Gasteiger partial charge in [-0.05, 0) is 58.3 Å². The molecule has 0 aromatic heterocycles. The Balaban J connectivity index is 5.04. The lowest BCUT2D eigenvalue weighted by Crippen LogP contribution is -2.53. The van der Waals surface area contributed by atoms with Crippen molar-refractivity contribution in [2.75, 3.05) is 26.2 Å². The molecule has 0 aliphatic rings. The normalized spacial score (nSPS) is 12.4. The van der Waals surface area contributed by atoms with Crippen molar-refractivity contribution >= 4 is 9.12 Å². The van der Waals surface area contributed by atoms with Gasteiger partial charge in [-0.25, -0.2) is 0 Å². The summed E-state index contributed by atoms with van der Waals surface area (Å²) in [5.74, 6) is 0. The Morgan fingerprint density at radius 2 is 1.14 bits per heavy atom. The number of hydrogen-bond donors (Lipinski definition) is 0. The molecule has 0 radical (unpaired) electrons. The number of nitrogens with zero attached hydrogens (tertiary/aromatic N) is 2. The second kappa shape index (κ2) is 15.8. The van der Waals surface area contributed by atoms with Crippen LogP contribution in [0.5, 0.6) is 0 Å². The summed E-state index contributed by atoms with van der Waals surface area (Å²) in [5.41, 5.74) is 2.63. The number of unbranched alkanes of at least 4 members (excludes halogenated alkanes) is 3. The van der Waals surface area contributed by atoms with Crippen LogP contribution in [0.15, 0.2) is 11.8 Å². The molecule has 0 fully saturated rings. The minimum atomic E-state index is -1.11. The molecule has 0 rings (SSSR count). The van der Waals surface area contributed by atoms with Crippen LogP contribution in [-0.4, -0.2) is 44.4 Å². The molecular weight excluding hydrogens is 284 g/mol. The molecule has 132 valence electrons. The molecule has 0 spiro atoms. The van der Waals surface area contributed by atoms with Crippen molar-refractivity contribution in [2.24, 2.45) is 0 Å². The maximum atomic E-state index is 2.85. The van der Waals surface area contributed by atoms with Gasteiger partial charge in [0.2, 0.25) is 9.12 Å². The van der Waals surface area contributed by atoms with E-state index in [9.17, 15) is 0 Å². The zero-order valence-corrected chi connectivity index (χ0v) is 17.3. The maximum absolute atomic E-state index is 2.85. The van der Waals surface area contributed by atoms with E-state index in [0.29, 0.717) is 0 Å². The van der Waals surface area contributed by atoms with Crippen LogP contribution < -0.4 is 0 Å². The highest BCUT2D eigenvalue weighted by Gasteiger charge is 2.23. The lowest BCUT2D eigenvalue weighted by atomic mass is 10.3. The van der Waals surface area contributed by atoms with E-state index in [4.69, 9.17) is 0 Å². The minimum Gasteiger partial charge on any atom is -0.311 e. The van der Waals surface area contributed by atoms with E-state index >= 15 is 0 Å². The molecule has 0 heterocycles. The van der Waals surface area contributed by atoms with Crippen LogP contribution in [0.3, 0.4) is 0 Å². The summed E-state index contributed by atoms with van der Waals surface area (Å²) < 4.78 is 5.70. The van der Waals surface area contributed by atoms with Crippen molar-refractivity contribution in [1.29, 1.82) is 0 Å². The van der Waals surface area contributed by atoms with Gasteiger partial charge in [0.05, 0.1) is 0 Å². The Hall–Kier alpha value is -0.123. The third kappa shape index (κ3) is 9.81. The third-order valence-electron chi connectivity index (χ3n) is 4.13. The van der Waals surface area contributed by atoms with Gasteiger partial charge < -0.3 is 9.13 Å². The molecule has 0 bridgehead atoms. The van der Waals surface area contributed by atoms with Crippen LogP contribution in [0.1, 0.15) is 86.0 Å². The average Bonchev–Trinajstić information content (AvgIpc) is 2.53. The highest BCUT2D eigenvalue weighted by Crippen LogP contribution is 2.10. The molecule has 0 saturated heterocycles. The molecule has 0 saturated carbocycles. The first-order chi connectivity index (χ1) is 10.7. The molecule has 0 N–H and O–H groups in total. The van der Waals surface area contributed by atoms with Gasteiger partial charge in [0.25, 0.3) is 0 Å². The van der Waals surface area contributed by atoms with Gasteiger partial charge in [-0.2, -0.15) is 0 Å². The van der Waals surface area contributed by atoms with Gasteiger partial charge in [0.1, 0.15) is 0 Å². The predicted molar refractivity (Wildman–Crippen MR) is 105 cm³/mol. The van der Waals surface area contributed by atoms with Gasteiger partial charge in [0, 0.05) is 0 Å². The van der Waals surface area contributed by atoms with Gasteiger partial charge in [-0.3, -0.25) is 0 Å². The maximum Gasteiger partial charge on any atom is 0.215 e. The second-order valence-corrected chi connectivity index (χ2v) is 9.08. The quantitative estimate of drug-likeness (QED) is 0.385. The van der Waals surface area contributed by atoms with Crippen LogP contribution in [0.4, 0.5) is 0 Å². The standard InChI is InChI=1S/C19H42N2Si/c1-6-11-14-19-22(20(15-9-4)17-12-7-2)21(16-10-5)18-13-8-3/h14,19,22H,6-13,15-18H2,1-5H3. The first kappa shape index (κ1) is 21.9. The molecule has 2 nitrogen and oxygen atoms in total. The Kier molecular flexibility index (Phi) is 15.7. The molecule has 0 aliphatic heterocycles. The van der Waals surface area contributed by atoms with E-state index < -0.39 is 9.12 Å². The molecule has 0 aromatic rings. The fourth-order valence-corrected chi connectivity index (χ4v) is 6.23. The minimum absolute atomic E-state index is 1.11. The van der Waals surface area contributed by atoms with Crippen LogP contribution in [-0.2, 0) is 0 Å². The highest BCUT2D eigenvalue weighted by molar-refractivity contribution is 6.58. The topological polar surface area (TPSA) is 6.48 Å². The Morgan fingerprint density at radius 3 is 1.50 bits per heavy atom. The summed E-state index contributed by atoms with van der Waals surface area (Å²) in [5, 5.41) is 0. The first-order valence-corrected chi connectivity index (χ1v) is 11.6. The first-order valence-electron chi connectivity index (χ1n) is 9.89. The van der Waals surface area contributed by atoms with Crippen LogP contribution in [0.25, 0.3) is 0 Å². The van der Waals surface area contributed by atoms with E-state index in [2.05, 4.69) is 55.5 Å². The molecule has 22 heavy (non-hydrogen) atoms. The van der Waals surface area contributed by atoms with Crippen molar-refractivity contribution in [3.8, 4) is 0 Å². The molecule has 0 atom stereocenters. The lowest BCUT2D eigenvalue weighted by molar-refractivity contribution is 0.338. The van der Waals surface area contributed by atoms with E-state index in [0.717, 1.165) is 0 Å². The number of allylic oxidation sites excluding steroid dienone is 1. The largest absolute Gasteiger partial charge is 0.311 e. The van der Waals surface area contributed by atoms with Gasteiger partial charge in [-0.1, -0.05) is 65.7 Å². The third-order valence-corrected chi connectivity index (χ3v) is 7.28. The number of rotatable bonds is 15. The van der Waals surface area contributed by atoms with Crippen molar-refractivity contribution in [3.63, 3.8) is 0 Å². The molecular formula is C19H42N2Si. The molecule has 0 unspecified atom stereocenters. The highest BCUT2D eigenvalue weighted by atomic mass is 28.3. The average molecular weight is 327 g/mol. The fraction of sp³-hybridized carbons (Fsp3) is 0.895. The molecule has 0 aliphatic carbocycles. The lowest BCUT2D eigenvalue weighted by Gasteiger charge is -2.37. The van der Waals surface area contributed by atoms with Crippen LogP contribution in [0, 0.1) is 0 Å². The van der Waals surface area contributed by atoms with Gasteiger partial charge >= 0.3 is 0 Å². The summed E-state index contributed by atoms with van der Waals surface area (Å²) in [7, 11) is -1.11. The van der Waals surface area contributed by atoms with Gasteiger partial charge in [0.15, 0.2) is 0 Å². The Labute approximate surface area is 142 Å². The smallest absolute Gasteiger partial charge is 0.215 e. The van der Waals surface area contributed by atoms with E-state index in [1.54, 1.807) is 0 Å². The predicted octanol–water partition coefficient (Wildman–Crippen LogP) is 5.13. The van der Waals surface area contributed by atoms with Crippen LogP contribution >= 0.6 is 0 Å². The summed E-state index contributed by atoms with van der Waals surface area (Å²) in [6.07, 6.45) is 12.8. The second-order valence-electron chi connectivity index (χ2n) is 6.41. The summed E-state index contributed by atoms with van der Waals surface area (Å²) in [6.45, 7) is 16.7. The molecule has 3 heteroatoms. The van der Waals surface area contributed by atoms with E-state index in [1.165, 1.54) is 77.5 Å². The number of hydrogen-bond acceptors (Lipinski definition) is 2. The summed E-state index contributed by atoms with van der Waals surface area (Å²) in [4.78, 5) is 0. The summed E-state index contributed by atoms with van der Waals surface area (Å²) >= 11 is 0. The SMILES string of the molecule is CCCC=C[SiH](N(CCC)CCCC)N(CCC)CCCC. The Morgan fingerprint density at radius 1 is 0.636 bits per heavy atom. The van der Waals surface area contributed by atoms with Crippen molar-refractivity contribution < 1.29 is 0 Å². The van der Waals surface area contributed by atoms with E-state index in [-0.39, 0.29) is 0 Å². The van der Waals surface area contributed by atoms with E-state index in [1.807, 2.05) is 0 Å². The van der Waals surface area contributed by atoms with Crippen molar-refractivity contribution in [2.45, 2.75) is 86.0 Å². The zero-order valence-electron chi connectivity index (χ0n) is 16.1. The van der Waals surface area contributed by atoms with Crippen molar-refractivity contribution in [1.82, 2.24) is 9.13 Å². The van der Waals surface area contributed by atoms with Gasteiger partial charge in [-0.15, -0.1) is 0 Å². The zero-order chi connectivity index (χ0) is 16.6. The summed E-state index contributed by atoms with van der Waals surface area (Å²) in [6, 6.07) is 0. The molecule has 0 aromatic carbocycles.